The third kappa shape index (κ3) is 1.70. The fraction of sp³-hybridized carbons (Fsp3) is 0.375. The summed E-state index contributed by atoms with van der Waals surface area (Å²) in [4.78, 5) is 0. The lowest BCUT2D eigenvalue weighted by Crippen LogP contribution is -1.93. The van der Waals surface area contributed by atoms with E-state index in [9.17, 15) is 5.11 Å². The van der Waals surface area contributed by atoms with E-state index in [1.165, 1.54) is 24.0 Å². The van der Waals surface area contributed by atoms with Gasteiger partial charge in [-0.2, -0.15) is 0 Å². The molecule has 17 heavy (non-hydrogen) atoms. The minimum absolute atomic E-state index is 0.443. The second kappa shape index (κ2) is 3.76. The van der Waals surface area contributed by atoms with Gasteiger partial charge >= 0.3 is 0 Å². The topological polar surface area (TPSA) is 20.2 Å². The highest BCUT2D eigenvalue weighted by Crippen LogP contribution is 2.44. The number of rotatable bonds is 1. The highest BCUT2D eigenvalue weighted by molar-refractivity contribution is 5.62. The van der Waals surface area contributed by atoms with E-state index >= 15 is 0 Å². The Morgan fingerprint density at radius 3 is 2.71 bits per heavy atom. The van der Waals surface area contributed by atoms with Crippen molar-refractivity contribution in [1.29, 1.82) is 0 Å². The van der Waals surface area contributed by atoms with Gasteiger partial charge in [-0.15, -0.1) is 0 Å². The molecule has 1 N–H and O–H groups in total. The minimum Gasteiger partial charge on any atom is -0.507 e. The molecule has 1 aromatic carbocycles. The van der Waals surface area contributed by atoms with Crippen molar-refractivity contribution in [3.8, 4) is 5.75 Å². The fourth-order valence-corrected chi connectivity index (χ4v) is 3.03. The number of benzene rings is 1. The molecule has 2 aliphatic rings. The number of phenols is 1. The van der Waals surface area contributed by atoms with Crippen LogP contribution in [-0.4, -0.2) is 5.11 Å². The van der Waals surface area contributed by atoms with Gasteiger partial charge in [0.2, 0.25) is 0 Å². The Kier molecular flexibility index (Phi) is 2.36. The number of hydrogen-bond acceptors (Lipinski definition) is 1. The van der Waals surface area contributed by atoms with Gasteiger partial charge in [0.05, 0.1) is 0 Å². The predicted molar refractivity (Wildman–Crippen MR) is 70.9 cm³/mol. The normalized spacial score (nSPS) is 28.2. The summed E-state index contributed by atoms with van der Waals surface area (Å²) in [6, 6.07) is 4.12. The lowest BCUT2D eigenvalue weighted by atomic mass is 9.95. The summed E-state index contributed by atoms with van der Waals surface area (Å²) < 4.78 is 0. The van der Waals surface area contributed by atoms with Crippen molar-refractivity contribution < 1.29 is 5.11 Å². The molecular weight excluding hydrogens is 208 g/mol. The van der Waals surface area contributed by atoms with Crippen molar-refractivity contribution in [2.24, 2.45) is 11.8 Å². The van der Waals surface area contributed by atoms with Gasteiger partial charge in [0.25, 0.3) is 0 Å². The summed E-state index contributed by atoms with van der Waals surface area (Å²) in [6.45, 7) is 3.94. The molecule has 1 fully saturated rings. The van der Waals surface area contributed by atoms with E-state index in [2.05, 4.69) is 24.3 Å². The number of hydrogen-bond donors (Lipinski definition) is 1. The van der Waals surface area contributed by atoms with E-state index in [1.54, 1.807) is 0 Å². The van der Waals surface area contributed by atoms with Crippen LogP contribution in [0.15, 0.2) is 29.9 Å². The van der Waals surface area contributed by atoms with Crippen LogP contribution in [-0.2, 0) is 0 Å². The van der Waals surface area contributed by atoms with Gasteiger partial charge < -0.3 is 5.11 Å². The summed E-state index contributed by atoms with van der Waals surface area (Å²) in [5, 5.41) is 9.95. The Labute approximate surface area is 102 Å². The largest absolute Gasteiger partial charge is 0.507 e. The molecule has 2 atom stereocenters. The van der Waals surface area contributed by atoms with Crippen LogP contribution in [0.2, 0.25) is 0 Å². The Morgan fingerprint density at radius 2 is 2.06 bits per heavy atom. The van der Waals surface area contributed by atoms with E-state index in [0.717, 1.165) is 17.0 Å². The van der Waals surface area contributed by atoms with Gasteiger partial charge in [0.1, 0.15) is 5.75 Å². The van der Waals surface area contributed by atoms with E-state index in [0.29, 0.717) is 11.7 Å². The molecule has 0 amide bonds. The molecule has 1 saturated carbocycles. The van der Waals surface area contributed by atoms with Crippen LogP contribution in [0, 0.1) is 25.7 Å². The first kappa shape index (κ1) is 10.6. The van der Waals surface area contributed by atoms with Gasteiger partial charge in [-0.25, -0.2) is 0 Å². The van der Waals surface area contributed by atoms with Crippen LogP contribution < -0.4 is 0 Å². The maximum absolute atomic E-state index is 9.95. The zero-order valence-corrected chi connectivity index (χ0v) is 10.4. The summed E-state index contributed by atoms with van der Waals surface area (Å²) >= 11 is 0. The van der Waals surface area contributed by atoms with E-state index in [4.69, 9.17) is 0 Å². The van der Waals surface area contributed by atoms with Gasteiger partial charge in [0.15, 0.2) is 0 Å². The predicted octanol–water partition coefficient (Wildman–Crippen LogP) is 3.99. The van der Waals surface area contributed by atoms with Crippen LogP contribution >= 0.6 is 0 Å². The number of allylic oxidation sites excluding steroid dienone is 3. The molecule has 0 heterocycles. The lowest BCUT2D eigenvalue weighted by molar-refractivity contribution is 0.466. The Bertz CT molecular complexity index is 523. The fourth-order valence-electron chi connectivity index (χ4n) is 3.03. The van der Waals surface area contributed by atoms with Crippen LogP contribution in [0.1, 0.15) is 29.5 Å². The first-order valence-electron chi connectivity index (χ1n) is 6.33. The molecule has 2 unspecified atom stereocenters. The maximum Gasteiger partial charge on any atom is 0.121 e. The summed E-state index contributed by atoms with van der Waals surface area (Å²) in [5.74, 6) is 1.87. The summed E-state index contributed by atoms with van der Waals surface area (Å²) in [7, 11) is 0. The Balaban J connectivity index is 1.99. The van der Waals surface area contributed by atoms with Crippen LogP contribution in [0.4, 0.5) is 0 Å². The quantitative estimate of drug-likeness (QED) is 0.718. The first-order chi connectivity index (χ1) is 8.15. The van der Waals surface area contributed by atoms with Crippen molar-refractivity contribution in [3.63, 3.8) is 0 Å². The van der Waals surface area contributed by atoms with E-state index in [1.807, 2.05) is 19.9 Å². The summed E-state index contributed by atoms with van der Waals surface area (Å²) in [5.41, 5.74) is 4.66. The molecule has 0 radical (unpaired) electrons. The Hall–Kier alpha value is -1.50. The number of phenolic OH excluding ortho intramolecular Hbond substituents is 1. The molecule has 3 rings (SSSR count). The third-order valence-electron chi connectivity index (χ3n) is 4.16. The molecule has 2 bridgehead atoms. The third-order valence-corrected chi connectivity index (χ3v) is 4.16. The second-order valence-electron chi connectivity index (χ2n) is 5.36. The molecule has 0 saturated heterocycles. The Morgan fingerprint density at radius 1 is 1.24 bits per heavy atom. The molecule has 1 nitrogen and oxygen atoms in total. The first-order valence-corrected chi connectivity index (χ1v) is 6.33. The van der Waals surface area contributed by atoms with Crippen molar-refractivity contribution in [2.45, 2.75) is 26.7 Å². The average molecular weight is 226 g/mol. The molecule has 0 aromatic heterocycles. The van der Waals surface area contributed by atoms with Crippen LogP contribution in [0.5, 0.6) is 5.75 Å². The van der Waals surface area contributed by atoms with Crippen molar-refractivity contribution in [1.82, 2.24) is 0 Å². The highest BCUT2D eigenvalue weighted by atomic mass is 16.3. The molecule has 2 aliphatic carbocycles. The smallest absolute Gasteiger partial charge is 0.121 e. The molecule has 1 heteroatoms. The van der Waals surface area contributed by atoms with E-state index < -0.39 is 0 Å². The molecule has 1 aromatic rings. The number of aryl methyl sites for hydroxylation is 1. The highest BCUT2D eigenvalue weighted by Gasteiger charge is 2.30. The van der Waals surface area contributed by atoms with Crippen molar-refractivity contribution in [2.75, 3.05) is 0 Å². The SMILES string of the molecule is Cc1ccc(C=C2CC3C=CC2C3)c(C)c1O. The average Bonchev–Trinajstić information content (AvgIpc) is 2.92. The molecule has 0 spiro atoms. The monoisotopic (exact) mass is 226 g/mol. The molecule has 88 valence electrons. The minimum atomic E-state index is 0.443. The van der Waals surface area contributed by atoms with Crippen molar-refractivity contribution >= 4 is 6.08 Å². The molecular formula is C16H18O. The van der Waals surface area contributed by atoms with Gasteiger partial charge in [-0.3, -0.25) is 0 Å². The van der Waals surface area contributed by atoms with Crippen LogP contribution in [0.3, 0.4) is 0 Å². The second-order valence-corrected chi connectivity index (χ2v) is 5.36. The zero-order valence-electron chi connectivity index (χ0n) is 10.4. The number of fused-ring (bicyclic) bond motifs is 2. The van der Waals surface area contributed by atoms with Crippen molar-refractivity contribution in [3.05, 3.63) is 46.5 Å². The summed E-state index contributed by atoms with van der Waals surface area (Å²) in [6.07, 6.45) is 9.46. The van der Waals surface area contributed by atoms with Gasteiger partial charge in [0, 0.05) is 0 Å². The van der Waals surface area contributed by atoms with E-state index in [-0.39, 0.29) is 0 Å². The van der Waals surface area contributed by atoms with Gasteiger partial charge in [-0.05, 0) is 55.2 Å². The lowest BCUT2D eigenvalue weighted by Gasteiger charge is -2.11. The van der Waals surface area contributed by atoms with Crippen LogP contribution in [0.25, 0.3) is 6.08 Å². The standard InChI is InChI=1S/C16H18O/c1-10-3-5-13(11(2)16(10)17)9-15-8-12-4-6-14(15)7-12/h3-6,9,12,14,17H,7-8H2,1-2H3. The molecule has 0 aliphatic heterocycles. The van der Waals surface area contributed by atoms with Gasteiger partial charge in [-0.1, -0.05) is 35.9 Å². The number of aromatic hydroxyl groups is 1. The zero-order chi connectivity index (χ0) is 12.0. The maximum atomic E-state index is 9.95.